The van der Waals surface area contributed by atoms with Crippen LogP contribution < -0.4 is 5.32 Å². The Balaban J connectivity index is 2.06. The highest BCUT2D eigenvalue weighted by molar-refractivity contribution is 5.85. The fraction of sp³-hybridized carbons (Fsp3) is 0.579. The molecule has 1 aliphatic rings. The minimum absolute atomic E-state index is 0.137. The van der Waals surface area contributed by atoms with Gasteiger partial charge in [-0.1, -0.05) is 24.3 Å². The number of rotatable bonds is 5. The predicted molar refractivity (Wildman–Crippen MR) is 101 cm³/mol. The second-order valence-corrected chi connectivity index (χ2v) is 6.70. The molecule has 0 aromatic heterocycles. The Hall–Kier alpha value is -2.29. The number of amides is 1. The molecule has 1 N–H and O–H groups in total. The van der Waals surface area contributed by atoms with E-state index in [9.17, 15) is 18.0 Å². The first kappa shape index (κ1) is 22.0. The lowest BCUT2D eigenvalue weighted by atomic mass is 10.0. The maximum absolute atomic E-state index is 12.4. The Bertz CT molecular complexity index is 694. The lowest BCUT2D eigenvalue weighted by Crippen LogP contribution is -2.48. The van der Waals surface area contributed by atoms with Crippen molar-refractivity contribution in [2.45, 2.75) is 26.1 Å². The Morgan fingerprint density at radius 1 is 1.39 bits per heavy atom. The summed E-state index contributed by atoms with van der Waals surface area (Å²) in [5, 5.41) is 3.11. The standard InChI is InChI=1S/C19H27F3N4O2/c1-4-23-18(24-11-17(27)25(3)13-19(20,21)22)26-9-10-28-16(12-26)15-8-6-5-7-14(15)2/h5-8,16H,4,9-13H2,1-3H3,(H,23,24). The van der Waals surface area contributed by atoms with E-state index in [2.05, 4.69) is 10.3 Å². The minimum atomic E-state index is -4.43. The van der Waals surface area contributed by atoms with E-state index in [1.807, 2.05) is 43.0 Å². The number of hydrogen-bond acceptors (Lipinski definition) is 3. The van der Waals surface area contributed by atoms with Gasteiger partial charge in [0.25, 0.3) is 0 Å². The number of alkyl halides is 3. The van der Waals surface area contributed by atoms with Crippen molar-refractivity contribution in [3.8, 4) is 0 Å². The van der Waals surface area contributed by atoms with Crippen LogP contribution in [0.4, 0.5) is 13.2 Å². The van der Waals surface area contributed by atoms with Crippen LogP contribution in [-0.2, 0) is 9.53 Å². The molecule has 1 aromatic rings. The van der Waals surface area contributed by atoms with Gasteiger partial charge in [0.1, 0.15) is 19.2 Å². The quantitative estimate of drug-likeness (QED) is 0.609. The summed E-state index contributed by atoms with van der Waals surface area (Å²) in [5.74, 6) is -0.186. The fourth-order valence-electron chi connectivity index (χ4n) is 3.02. The summed E-state index contributed by atoms with van der Waals surface area (Å²) in [6.07, 6.45) is -4.56. The van der Waals surface area contributed by atoms with Crippen LogP contribution in [0, 0.1) is 6.92 Å². The molecule has 1 heterocycles. The topological polar surface area (TPSA) is 57.2 Å². The zero-order valence-corrected chi connectivity index (χ0v) is 16.4. The monoisotopic (exact) mass is 400 g/mol. The summed E-state index contributed by atoms with van der Waals surface area (Å²) in [6.45, 7) is 4.48. The van der Waals surface area contributed by atoms with Crippen molar-refractivity contribution < 1.29 is 22.7 Å². The third kappa shape index (κ3) is 6.40. The number of nitrogens with zero attached hydrogens (tertiary/aromatic N) is 3. The average molecular weight is 400 g/mol. The molecule has 9 heteroatoms. The summed E-state index contributed by atoms with van der Waals surface area (Å²) in [4.78, 5) is 18.9. The highest BCUT2D eigenvalue weighted by atomic mass is 19.4. The van der Waals surface area contributed by atoms with E-state index in [0.717, 1.165) is 18.2 Å². The molecule has 6 nitrogen and oxygen atoms in total. The van der Waals surface area contributed by atoms with E-state index in [-0.39, 0.29) is 12.6 Å². The fourth-order valence-corrected chi connectivity index (χ4v) is 3.02. The Morgan fingerprint density at radius 3 is 2.75 bits per heavy atom. The maximum Gasteiger partial charge on any atom is 0.406 e. The molecule has 1 atom stereocenters. The molecule has 2 rings (SSSR count). The number of guanidine groups is 1. The second kappa shape index (κ2) is 9.77. The molecule has 1 amide bonds. The molecule has 0 aliphatic carbocycles. The number of morpholine rings is 1. The molecular weight excluding hydrogens is 373 g/mol. The van der Waals surface area contributed by atoms with Gasteiger partial charge in [0.15, 0.2) is 5.96 Å². The number of ether oxygens (including phenoxy) is 1. The first-order valence-electron chi connectivity index (χ1n) is 9.22. The largest absolute Gasteiger partial charge is 0.406 e. The van der Waals surface area contributed by atoms with Gasteiger partial charge in [0.05, 0.1) is 13.2 Å². The smallest absolute Gasteiger partial charge is 0.370 e. The van der Waals surface area contributed by atoms with E-state index in [0.29, 0.717) is 37.1 Å². The van der Waals surface area contributed by atoms with E-state index in [4.69, 9.17) is 4.74 Å². The number of aliphatic imine (C=N–C) groups is 1. The molecule has 156 valence electrons. The first-order valence-corrected chi connectivity index (χ1v) is 9.22. The zero-order chi connectivity index (χ0) is 20.7. The zero-order valence-electron chi connectivity index (χ0n) is 16.4. The van der Waals surface area contributed by atoms with Crippen LogP contribution in [0.5, 0.6) is 0 Å². The van der Waals surface area contributed by atoms with Crippen LogP contribution in [0.25, 0.3) is 0 Å². The number of carbonyl (C=O) groups is 1. The van der Waals surface area contributed by atoms with E-state index < -0.39 is 18.6 Å². The summed E-state index contributed by atoms with van der Waals surface area (Å²) in [5.41, 5.74) is 2.21. The third-order valence-electron chi connectivity index (χ3n) is 4.44. The number of hydrogen-bond donors (Lipinski definition) is 1. The SMILES string of the molecule is CCNC(=NCC(=O)N(C)CC(F)(F)F)N1CCOC(c2ccccc2C)C1. The van der Waals surface area contributed by atoms with Crippen LogP contribution >= 0.6 is 0 Å². The summed E-state index contributed by atoms with van der Waals surface area (Å²) in [6, 6.07) is 7.96. The van der Waals surface area contributed by atoms with Crippen molar-refractivity contribution >= 4 is 11.9 Å². The molecule has 1 fully saturated rings. The van der Waals surface area contributed by atoms with Crippen molar-refractivity contribution in [3.63, 3.8) is 0 Å². The Morgan fingerprint density at radius 2 is 2.11 bits per heavy atom. The van der Waals surface area contributed by atoms with E-state index >= 15 is 0 Å². The predicted octanol–water partition coefficient (Wildman–Crippen LogP) is 2.35. The summed E-state index contributed by atoms with van der Waals surface area (Å²) in [7, 11) is 1.13. The van der Waals surface area contributed by atoms with Crippen LogP contribution in [-0.4, -0.2) is 74.2 Å². The molecule has 0 radical (unpaired) electrons. The number of nitrogens with one attached hydrogen (secondary N) is 1. The van der Waals surface area contributed by atoms with Gasteiger partial charge < -0.3 is 19.9 Å². The number of halogens is 3. The van der Waals surface area contributed by atoms with Gasteiger partial charge in [0.2, 0.25) is 5.91 Å². The van der Waals surface area contributed by atoms with Crippen LogP contribution in [0.3, 0.4) is 0 Å². The molecule has 1 aromatic carbocycles. The van der Waals surface area contributed by atoms with Gasteiger partial charge in [-0.3, -0.25) is 4.79 Å². The van der Waals surface area contributed by atoms with Crippen LogP contribution in [0.1, 0.15) is 24.2 Å². The minimum Gasteiger partial charge on any atom is -0.370 e. The molecule has 1 unspecified atom stereocenters. The number of carbonyl (C=O) groups excluding carboxylic acids is 1. The van der Waals surface area contributed by atoms with Gasteiger partial charge in [0, 0.05) is 20.1 Å². The molecule has 1 saturated heterocycles. The summed E-state index contributed by atoms with van der Waals surface area (Å²) < 4.78 is 43.2. The van der Waals surface area contributed by atoms with E-state index in [1.165, 1.54) is 0 Å². The normalized spacial score (nSPS) is 18.1. The van der Waals surface area contributed by atoms with Crippen molar-refractivity contribution in [2.24, 2.45) is 4.99 Å². The van der Waals surface area contributed by atoms with Gasteiger partial charge >= 0.3 is 6.18 Å². The lowest BCUT2D eigenvalue weighted by Gasteiger charge is -2.35. The Labute approximate surface area is 163 Å². The molecule has 28 heavy (non-hydrogen) atoms. The van der Waals surface area contributed by atoms with Gasteiger partial charge in [-0.25, -0.2) is 4.99 Å². The second-order valence-electron chi connectivity index (χ2n) is 6.70. The molecular formula is C19H27F3N4O2. The van der Waals surface area contributed by atoms with Crippen molar-refractivity contribution in [2.75, 3.05) is 46.4 Å². The van der Waals surface area contributed by atoms with Crippen LogP contribution in [0.15, 0.2) is 29.3 Å². The van der Waals surface area contributed by atoms with Crippen molar-refractivity contribution in [1.29, 1.82) is 0 Å². The third-order valence-corrected chi connectivity index (χ3v) is 4.44. The molecule has 0 spiro atoms. The van der Waals surface area contributed by atoms with Crippen molar-refractivity contribution in [1.82, 2.24) is 15.1 Å². The molecule has 0 saturated carbocycles. The molecule has 1 aliphatic heterocycles. The van der Waals surface area contributed by atoms with Gasteiger partial charge in [-0.05, 0) is 25.0 Å². The molecule has 0 bridgehead atoms. The number of benzene rings is 1. The number of likely N-dealkylation sites (N-methyl/N-ethyl adjacent to an activating group) is 1. The highest BCUT2D eigenvalue weighted by Crippen LogP contribution is 2.25. The van der Waals surface area contributed by atoms with Crippen LogP contribution in [0.2, 0.25) is 0 Å². The van der Waals surface area contributed by atoms with Gasteiger partial charge in [-0.2, -0.15) is 13.2 Å². The van der Waals surface area contributed by atoms with Crippen molar-refractivity contribution in [3.05, 3.63) is 35.4 Å². The van der Waals surface area contributed by atoms with E-state index in [1.54, 1.807) is 0 Å². The highest BCUT2D eigenvalue weighted by Gasteiger charge is 2.31. The summed E-state index contributed by atoms with van der Waals surface area (Å²) >= 11 is 0. The number of aryl methyl sites for hydroxylation is 1. The first-order chi connectivity index (χ1) is 13.2. The maximum atomic E-state index is 12.4. The Kier molecular flexibility index (Phi) is 7.68. The lowest BCUT2D eigenvalue weighted by molar-refractivity contribution is -0.157. The van der Waals surface area contributed by atoms with Gasteiger partial charge in [-0.15, -0.1) is 0 Å². The average Bonchev–Trinajstić information content (AvgIpc) is 2.64.